The van der Waals surface area contributed by atoms with E-state index in [0.717, 1.165) is 24.7 Å². The van der Waals surface area contributed by atoms with E-state index in [1.165, 1.54) is 5.69 Å². The average molecular weight is 225 g/mol. The zero-order chi connectivity index (χ0) is 10.9. The third kappa shape index (κ3) is 2.64. The Morgan fingerprint density at radius 3 is 2.87 bits per heavy atom. The molecule has 0 radical (unpaired) electrons. The van der Waals surface area contributed by atoms with Gasteiger partial charge in [0.25, 0.3) is 0 Å². The van der Waals surface area contributed by atoms with Gasteiger partial charge in [0, 0.05) is 35.9 Å². The molecular weight excluding hydrogens is 208 g/mol. The predicted octanol–water partition coefficient (Wildman–Crippen LogP) is 2.53. The Bertz CT molecular complexity index is 349. The van der Waals surface area contributed by atoms with E-state index in [9.17, 15) is 0 Å². The van der Waals surface area contributed by atoms with Gasteiger partial charge < -0.3 is 10.2 Å². The fourth-order valence-electron chi connectivity index (χ4n) is 2.03. The molecule has 1 aliphatic rings. The van der Waals surface area contributed by atoms with Gasteiger partial charge in [-0.05, 0) is 32.0 Å². The smallest absolute Gasteiger partial charge is 0.0426 e. The molecule has 0 aromatic heterocycles. The summed E-state index contributed by atoms with van der Waals surface area (Å²) in [5.41, 5.74) is 1.40. The fraction of sp³-hybridized carbons (Fsp3) is 0.500. The first-order valence-electron chi connectivity index (χ1n) is 5.32. The van der Waals surface area contributed by atoms with Gasteiger partial charge in [-0.15, -0.1) is 0 Å². The van der Waals surface area contributed by atoms with Crippen LogP contribution in [-0.2, 0) is 0 Å². The van der Waals surface area contributed by atoms with Crippen LogP contribution in [0.5, 0.6) is 0 Å². The number of hydrogen-bond acceptors (Lipinski definition) is 2. The number of piperazine rings is 1. The Balaban J connectivity index is 2.17. The SMILES string of the molecule is CC1(C)CN(c2cccc(Cl)c2)CCN1. The van der Waals surface area contributed by atoms with Crippen LogP contribution in [0.15, 0.2) is 24.3 Å². The summed E-state index contributed by atoms with van der Waals surface area (Å²) in [5, 5.41) is 4.31. The van der Waals surface area contributed by atoms with E-state index < -0.39 is 0 Å². The second-order valence-corrected chi connectivity index (χ2v) is 5.15. The van der Waals surface area contributed by atoms with Crippen molar-refractivity contribution >= 4 is 17.3 Å². The third-order valence-electron chi connectivity index (χ3n) is 2.74. The number of hydrogen-bond donors (Lipinski definition) is 1. The molecule has 1 heterocycles. The van der Waals surface area contributed by atoms with Crippen LogP contribution in [0, 0.1) is 0 Å². The fourth-order valence-corrected chi connectivity index (χ4v) is 2.22. The maximum Gasteiger partial charge on any atom is 0.0426 e. The number of anilines is 1. The van der Waals surface area contributed by atoms with Crippen LogP contribution in [0.4, 0.5) is 5.69 Å². The highest BCUT2D eigenvalue weighted by molar-refractivity contribution is 6.30. The lowest BCUT2D eigenvalue weighted by Crippen LogP contribution is -2.57. The summed E-state index contributed by atoms with van der Waals surface area (Å²) in [4.78, 5) is 2.38. The van der Waals surface area contributed by atoms with Crippen LogP contribution in [0.1, 0.15) is 13.8 Å². The van der Waals surface area contributed by atoms with E-state index in [1.54, 1.807) is 0 Å². The molecule has 0 unspecified atom stereocenters. The number of benzene rings is 1. The highest BCUT2D eigenvalue weighted by Gasteiger charge is 2.25. The number of nitrogens with one attached hydrogen (secondary N) is 1. The zero-order valence-electron chi connectivity index (χ0n) is 9.26. The maximum absolute atomic E-state index is 5.99. The lowest BCUT2D eigenvalue weighted by Gasteiger charge is -2.40. The maximum atomic E-state index is 5.99. The van der Waals surface area contributed by atoms with Crippen molar-refractivity contribution in [3.8, 4) is 0 Å². The van der Waals surface area contributed by atoms with Crippen LogP contribution in [0.25, 0.3) is 0 Å². The second kappa shape index (κ2) is 4.03. The van der Waals surface area contributed by atoms with Crippen molar-refractivity contribution < 1.29 is 0 Å². The molecule has 2 nitrogen and oxygen atoms in total. The Kier molecular flexibility index (Phi) is 2.89. The summed E-state index contributed by atoms with van der Waals surface area (Å²) in [6, 6.07) is 8.07. The summed E-state index contributed by atoms with van der Waals surface area (Å²) in [7, 11) is 0. The van der Waals surface area contributed by atoms with E-state index >= 15 is 0 Å². The highest BCUT2D eigenvalue weighted by atomic mass is 35.5. The average Bonchev–Trinajstić information content (AvgIpc) is 2.16. The van der Waals surface area contributed by atoms with E-state index in [0.29, 0.717) is 0 Å². The molecule has 0 saturated carbocycles. The summed E-state index contributed by atoms with van der Waals surface area (Å²) in [6.07, 6.45) is 0. The van der Waals surface area contributed by atoms with Gasteiger partial charge in [0.1, 0.15) is 0 Å². The van der Waals surface area contributed by atoms with Crippen LogP contribution in [0.2, 0.25) is 5.02 Å². The van der Waals surface area contributed by atoms with Crippen molar-refractivity contribution in [2.24, 2.45) is 0 Å². The van der Waals surface area contributed by atoms with Crippen molar-refractivity contribution in [3.63, 3.8) is 0 Å². The summed E-state index contributed by atoms with van der Waals surface area (Å²) >= 11 is 5.99. The van der Waals surface area contributed by atoms with E-state index in [2.05, 4.69) is 30.1 Å². The first-order chi connectivity index (χ1) is 7.07. The molecule has 1 aromatic rings. The van der Waals surface area contributed by atoms with Gasteiger partial charge in [0.15, 0.2) is 0 Å². The summed E-state index contributed by atoms with van der Waals surface area (Å²) in [6.45, 7) is 7.55. The molecule has 15 heavy (non-hydrogen) atoms. The molecule has 2 rings (SSSR count). The van der Waals surface area contributed by atoms with Crippen molar-refractivity contribution in [2.45, 2.75) is 19.4 Å². The molecule has 1 N–H and O–H groups in total. The molecule has 3 heteroatoms. The third-order valence-corrected chi connectivity index (χ3v) is 2.98. The van der Waals surface area contributed by atoms with Crippen molar-refractivity contribution in [2.75, 3.05) is 24.5 Å². The largest absolute Gasteiger partial charge is 0.368 e. The minimum Gasteiger partial charge on any atom is -0.368 e. The monoisotopic (exact) mass is 224 g/mol. The van der Waals surface area contributed by atoms with Crippen LogP contribution >= 0.6 is 11.6 Å². The first kappa shape index (κ1) is 10.8. The van der Waals surface area contributed by atoms with E-state index in [1.807, 2.05) is 18.2 Å². The molecular formula is C12H17ClN2. The number of halogens is 1. The van der Waals surface area contributed by atoms with Gasteiger partial charge >= 0.3 is 0 Å². The first-order valence-corrected chi connectivity index (χ1v) is 5.70. The molecule has 0 spiro atoms. The van der Waals surface area contributed by atoms with E-state index in [4.69, 9.17) is 11.6 Å². The molecule has 0 amide bonds. The highest BCUT2D eigenvalue weighted by Crippen LogP contribution is 2.22. The molecule has 0 bridgehead atoms. The summed E-state index contributed by atoms with van der Waals surface area (Å²) in [5.74, 6) is 0. The van der Waals surface area contributed by atoms with Crippen molar-refractivity contribution in [1.82, 2.24) is 5.32 Å². The van der Waals surface area contributed by atoms with Crippen LogP contribution in [-0.4, -0.2) is 25.2 Å². The van der Waals surface area contributed by atoms with E-state index in [-0.39, 0.29) is 5.54 Å². The number of nitrogens with zero attached hydrogens (tertiary/aromatic N) is 1. The Hall–Kier alpha value is -0.730. The molecule has 1 fully saturated rings. The lowest BCUT2D eigenvalue weighted by atomic mass is 10.0. The van der Waals surface area contributed by atoms with Crippen LogP contribution in [0.3, 0.4) is 0 Å². The molecule has 1 saturated heterocycles. The Morgan fingerprint density at radius 2 is 2.20 bits per heavy atom. The Labute approximate surface area is 96.2 Å². The minimum atomic E-state index is 0.181. The molecule has 0 aliphatic carbocycles. The van der Waals surface area contributed by atoms with Gasteiger partial charge in [-0.1, -0.05) is 17.7 Å². The quantitative estimate of drug-likeness (QED) is 0.789. The zero-order valence-corrected chi connectivity index (χ0v) is 10.0. The Morgan fingerprint density at radius 1 is 1.40 bits per heavy atom. The lowest BCUT2D eigenvalue weighted by molar-refractivity contribution is 0.353. The van der Waals surface area contributed by atoms with Gasteiger partial charge in [-0.25, -0.2) is 0 Å². The molecule has 0 atom stereocenters. The molecule has 1 aromatic carbocycles. The van der Waals surface area contributed by atoms with Gasteiger partial charge in [0.2, 0.25) is 0 Å². The predicted molar refractivity (Wildman–Crippen MR) is 65.7 cm³/mol. The molecule has 82 valence electrons. The van der Waals surface area contributed by atoms with Crippen molar-refractivity contribution in [3.05, 3.63) is 29.3 Å². The van der Waals surface area contributed by atoms with Gasteiger partial charge in [0.05, 0.1) is 0 Å². The van der Waals surface area contributed by atoms with Crippen LogP contribution < -0.4 is 10.2 Å². The van der Waals surface area contributed by atoms with Crippen molar-refractivity contribution in [1.29, 1.82) is 0 Å². The normalized spacial score (nSPS) is 20.3. The summed E-state index contributed by atoms with van der Waals surface area (Å²) < 4.78 is 0. The molecule has 1 aliphatic heterocycles. The standard InChI is InChI=1S/C12H17ClN2/c1-12(2)9-15(7-6-14-12)11-5-3-4-10(13)8-11/h3-5,8,14H,6-7,9H2,1-2H3. The second-order valence-electron chi connectivity index (χ2n) is 4.71. The number of rotatable bonds is 1. The topological polar surface area (TPSA) is 15.3 Å². The minimum absolute atomic E-state index is 0.181. The van der Waals surface area contributed by atoms with Gasteiger partial charge in [-0.3, -0.25) is 0 Å². The van der Waals surface area contributed by atoms with Gasteiger partial charge in [-0.2, -0.15) is 0 Å².